The SMILES string of the molecule is CCNC(=NCC(C)(C)c1ccc(OC)cc1)NCCCOCCOC. The van der Waals surface area contributed by atoms with Crippen molar-refractivity contribution in [1.29, 1.82) is 0 Å². The first-order valence-electron chi connectivity index (χ1n) is 9.27. The Kier molecular flexibility index (Phi) is 10.7. The molecule has 0 unspecified atom stereocenters. The summed E-state index contributed by atoms with van der Waals surface area (Å²) in [6.07, 6.45) is 0.927. The van der Waals surface area contributed by atoms with Gasteiger partial charge in [-0.3, -0.25) is 4.99 Å². The number of hydrogen-bond acceptors (Lipinski definition) is 4. The molecular formula is C20H35N3O3. The van der Waals surface area contributed by atoms with Crippen LogP contribution >= 0.6 is 0 Å². The van der Waals surface area contributed by atoms with E-state index >= 15 is 0 Å². The van der Waals surface area contributed by atoms with Crippen molar-refractivity contribution >= 4 is 5.96 Å². The molecule has 0 amide bonds. The minimum Gasteiger partial charge on any atom is -0.497 e. The normalized spacial score (nSPS) is 12.1. The van der Waals surface area contributed by atoms with Gasteiger partial charge in [0.2, 0.25) is 0 Å². The molecule has 0 aliphatic heterocycles. The quantitative estimate of drug-likeness (QED) is 0.339. The Morgan fingerprint density at radius 2 is 1.77 bits per heavy atom. The first kappa shape index (κ1) is 22.3. The van der Waals surface area contributed by atoms with Crippen LogP contribution in [0.5, 0.6) is 5.75 Å². The fraction of sp³-hybridized carbons (Fsp3) is 0.650. The van der Waals surface area contributed by atoms with Crippen molar-refractivity contribution in [3.05, 3.63) is 29.8 Å². The van der Waals surface area contributed by atoms with Gasteiger partial charge < -0.3 is 24.8 Å². The van der Waals surface area contributed by atoms with Gasteiger partial charge in [-0.05, 0) is 31.0 Å². The minimum atomic E-state index is -0.0577. The van der Waals surface area contributed by atoms with Crippen LogP contribution in [-0.2, 0) is 14.9 Å². The summed E-state index contributed by atoms with van der Waals surface area (Å²) in [5, 5.41) is 6.66. The second-order valence-electron chi connectivity index (χ2n) is 6.69. The van der Waals surface area contributed by atoms with Gasteiger partial charge in [0.15, 0.2) is 5.96 Å². The molecule has 0 heterocycles. The van der Waals surface area contributed by atoms with E-state index < -0.39 is 0 Å². The molecule has 2 N–H and O–H groups in total. The molecule has 1 aromatic rings. The summed E-state index contributed by atoms with van der Waals surface area (Å²) >= 11 is 0. The zero-order valence-electron chi connectivity index (χ0n) is 16.9. The van der Waals surface area contributed by atoms with Crippen molar-refractivity contribution in [2.24, 2.45) is 4.99 Å². The van der Waals surface area contributed by atoms with Crippen LogP contribution in [0.1, 0.15) is 32.8 Å². The van der Waals surface area contributed by atoms with Gasteiger partial charge in [-0.15, -0.1) is 0 Å². The number of ether oxygens (including phenoxy) is 3. The number of methoxy groups -OCH3 is 2. The molecule has 0 bridgehead atoms. The Balaban J connectivity index is 2.49. The van der Waals surface area contributed by atoms with E-state index in [-0.39, 0.29) is 5.41 Å². The summed E-state index contributed by atoms with van der Waals surface area (Å²) in [5.74, 6) is 1.71. The van der Waals surface area contributed by atoms with Gasteiger partial charge >= 0.3 is 0 Å². The van der Waals surface area contributed by atoms with Gasteiger partial charge in [0, 0.05) is 32.2 Å². The lowest BCUT2D eigenvalue weighted by Gasteiger charge is -2.24. The molecule has 0 saturated heterocycles. The van der Waals surface area contributed by atoms with E-state index in [0.717, 1.165) is 31.2 Å². The maximum absolute atomic E-state index is 5.47. The third-order valence-electron chi connectivity index (χ3n) is 4.04. The van der Waals surface area contributed by atoms with Crippen LogP contribution in [0.3, 0.4) is 0 Å². The van der Waals surface area contributed by atoms with Crippen molar-refractivity contribution in [1.82, 2.24) is 10.6 Å². The average Bonchev–Trinajstić information content (AvgIpc) is 2.65. The molecule has 6 nitrogen and oxygen atoms in total. The Hall–Kier alpha value is -1.79. The molecule has 0 radical (unpaired) electrons. The predicted molar refractivity (Wildman–Crippen MR) is 107 cm³/mol. The summed E-state index contributed by atoms with van der Waals surface area (Å²) in [7, 11) is 3.36. The second kappa shape index (κ2) is 12.5. The van der Waals surface area contributed by atoms with E-state index in [0.29, 0.717) is 26.4 Å². The predicted octanol–water partition coefficient (Wildman–Crippen LogP) is 2.58. The monoisotopic (exact) mass is 365 g/mol. The van der Waals surface area contributed by atoms with Crippen LogP contribution in [0, 0.1) is 0 Å². The molecule has 1 aromatic carbocycles. The van der Waals surface area contributed by atoms with Crippen LogP contribution in [0.25, 0.3) is 0 Å². The summed E-state index contributed by atoms with van der Waals surface area (Å²) in [5.41, 5.74) is 1.18. The molecule has 1 rings (SSSR count). The Morgan fingerprint density at radius 3 is 2.38 bits per heavy atom. The van der Waals surface area contributed by atoms with Gasteiger partial charge in [-0.1, -0.05) is 26.0 Å². The molecular weight excluding hydrogens is 330 g/mol. The van der Waals surface area contributed by atoms with E-state index in [4.69, 9.17) is 19.2 Å². The van der Waals surface area contributed by atoms with Crippen molar-refractivity contribution in [3.63, 3.8) is 0 Å². The third kappa shape index (κ3) is 8.54. The smallest absolute Gasteiger partial charge is 0.191 e. The molecule has 148 valence electrons. The number of rotatable bonds is 12. The molecule has 0 aliphatic carbocycles. The Bertz CT molecular complexity index is 516. The van der Waals surface area contributed by atoms with Gasteiger partial charge in [0.05, 0.1) is 26.9 Å². The van der Waals surface area contributed by atoms with E-state index in [9.17, 15) is 0 Å². The first-order chi connectivity index (χ1) is 12.5. The molecule has 0 aromatic heterocycles. The van der Waals surface area contributed by atoms with Gasteiger partial charge in [0.25, 0.3) is 0 Å². The molecule has 0 aliphatic rings. The van der Waals surface area contributed by atoms with E-state index in [2.05, 4.69) is 43.5 Å². The number of nitrogens with zero attached hydrogens (tertiary/aromatic N) is 1. The molecule has 6 heteroatoms. The number of aliphatic imine (C=N–C) groups is 1. The van der Waals surface area contributed by atoms with Gasteiger partial charge in [-0.2, -0.15) is 0 Å². The zero-order valence-corrected chi connectivity index (χ0v) is 16.9. The zero-order chi connectivity index (χ0) is 19.3. The summed E-state index contributed by atoms with van der Waals surface area (Å²) in [4.78, 5) is 4.75. The molecule has 0 fully saturated rings. The Labute approximate surface area is 158 Å². The van der Waals surface area contributed by atoms with Crippen LogP contribution in [0.2, 0.25) is 0 Å². The number of hydrogen-bond donors (Lipinski definition) is 2. The van der Waals surface area contributed by atoms with Gasteiger partial charge in [0.1, 0.15) is 5.75 Å². The third-order valence-corrected chi connectivity index (χ3v) is 4.04. The first-order valence-corrected chi connectivity index (χ1v) is 9.27. The van der Waals surface area contributed by atoms with E-state index in [1.165, 1.54) is 5.56 Å². The lowest BCUT2D eigenvalue weighted by Crippen LogP contribution is -2.39. The standard InChI is InChI=1S/C20H35N3O3/c1-6-21-19(22-12-7-13-26-15-14-24-4)23-16-20(2,3)17-8-10-18(25-5)11-9-17/h8-11H,6-7,12-16H2,1-5H3,(H2,21,22,23). The average molecular weight is 366 g/mol. The van der Waals surface area contributed by atoms with Crippen LogP contribution in [0.15, 0.2) is 29.3 Å². The largest absolute Gasteiger partial charge is 0.497 e. The summed E-state index contributed by atoms with van der Waals surface area (Å²) in [6, 6.07) is 8.19. The molecule has 0 spiro atoms. The summed E-state index contributed by atoms with van der Waals surface area (Å²) in [6.45, 7) is 10.8. The van der Waals surface area contributed by atoms with Crippen molar-refractivity contribution in [2.75, 3.05) is 53.7 Å². The number of guanidine groups is 1. The van der Waals surface area contributed by atoms with E-state index in [1.807, 2.05) is 12.1 Å². The maximum Gasteiger partial charge on any atom is 0.191 e. The van der Waals surface area contributed by atoms with Crippen molar-refractivity contribution in [3.8, 4) is 5.75 Å². The lowest BCUT2D eigenvalue weighted by atomic mass is 9.85. The fourth-order valence-corrected chi connectivity index (χ4v) is 2.38. The van der Waals surface area contributed by atoms with Crippen molar-refractivity contribution in [2.45, 2.75) is 32.6 Å². The molecule has 0 saturated carbocycles. The highest BCUT2D eigenvalue weighted by molar-refractivity contribution is 5.79. The maximum atomic E-state index is 5.47. The van der Waals surface area contributed by atoms with Crippen LogP contribution < -0.4 is 15.4 Å². The molecule has 0 atom stereocenters. The highest BCUT2D eigenvalue weighted by atomic mass is 16.5. The van der Waals surface area contributed by atoms with Crippen LogP contribution in [0.4, 0.5) is 0 Å². The Morgan fingerprint density at radius 1 is 1.04 bits per heavy atom. The van der Waals surface area contributed by atoms with E-state index in [1.54, 1.807) is 14.2 Å². The highest BCUT2D eigenvalue weighted by Crippen LogP contribution is 2.25. The number of nitrogens with one attached hydrogen (secondary N) is 2. The number of benzene rings is 1. The van der Waals surface area contributed by atoms with Crippen LogP contribution in [-0.4, -0.2) is 59.6 Å². The topological polar surface area (TPSA) is 64.1 Å². The second-order valence-corrected chi connectivity index (χ2v) is 6.69. The molecule has 26 heavy (non-hydrogen) atoms. The minimum absolute atomic E-state index is 0.0577. The van der Waals surface area contributed by atoms with Crippen molar-refractivity contribution < 1.29 is 14.2 Å². The van der Waals surface area contributed by atoms with Gasteiger partial charge in [-0.25, -0.2) is 0 Å². The fourth-order valence-electron chi connectivity index (χ4n) is 2.38. The highest BCUT2D eigenvalue weighted by Gasteiger charge is 2.20. The lowest BCUT2D eigenvalue weighted by molar-refractivity contribution is 0.0698. The summed E-state index contributed by atoms with van der Waals surface area (Å²) < 4.78 is 15.7.